The van der Waals surface area contributed by atoms with Gasteiger partial charge in [-0.3, -0.25) is 4.79 Å². The predicted molar refractivity (Wildman–Crippen MR) is 177 cm³/mol. The molecule has 0 radical (unpaired) electrons. The summed E-state index contributed by atoms with van der Waals surface area (Å²) < 4.78 is 5.14. The quantitative estimate of drug-likeness (QED) is 0.0903. The highest BCUT2D eigenvalue weighted by atomic mass is 16.5. The number of ether oxygens (including phenoxy) is 1. The van der Waals surface area contributed by atoms with E-state index in [4.69, 9.17) is 4.74 Å². The Balaban J connectivity index is 0.000000378. The van der Waals surface area contributed by atoms with Crippen LogP contribution in [0.3, 0.4) is 0 Å². The molecule has 3 aromatic rings. The molecule has 0 heterocycles. The van der Waals surface area contributed by atoms with Gasteiger partial charge in [-0.05, 0) is 56.9 Å². The molecule has 0 atom stereocenters. The van der Waals surface area contributed by atoms with Crippen LogP contribution in [0, 0.1) is 0 Å². The first-order valence-electron chi connectivity index (χ1n) is 16.0. The number of benzene rings is 3. The van der Waals surface area contributed by atoms with Crippen LogP contribution in [0.1, 0.15) is 121 Å². The number of carbonyl (C=O) groups excluding carboxylic acids is 2. The van der Waals surface area contributed by atoms with E-state index in [9.17, 15) is 24.6 Å². The summed E-state index contributed by atoms with van der Waals surface area (Å²) in [5.74, 6) is -1.76. The van der Waals surface area contributed by atoms with E-state index >= 15 is 0 Å². The second kappa shape index (κ2) is 19.9. The van der Waals surface area contributed by atoms with Gasteiger partial charge < -0.3 is 19.8 Å². The molecule has 2 N–H and O–H groups in total. The van der Waals surface area contributed by atoms with Gasteiger partial charge in [0, 0.05) is 18.7 Å². The fraction of sp³-hybridized carbons (Fsp3) is 0.432. The van der Waals surface area contributed by atoms with Crippen LogP contribution in [0.25, 0.3) is 0 Å². The molecule has 0 bridgehead atoms. The second-order valence-electron chi connectivity index (χ2n) is 10.7. The van der Waals surface area contributed by atoms with Crippen molar-refractivity contribution in [2.45, 2.75) is 85.5 Å². The number of anilines is 1. The summed E-state index contributed by atoms with van der Waals surface area (Å²) in [5, 5.41) is 21.0. The zero-order chi connectivity index (χ0) is 32.3. The van der Waals surface area contributed by atoms with E-state index in [1.807, 2.05) is 43.0 Å². The largest absolute Gasteiger partial charge is 0.505 e. The van der Waals surface area contributed by atoms with E-state index in [0.29, 0.717) is 48.5 Å². The Labute approximate surface area is 262 Å². The number of aromatic hydroxyl groups is 1. The number of rotatable bonds is 17. The Morgan fingerprint density at radius 2 is 1.27 bits per heavy atom. The fourth-order valence-corrected chi connectivity index (χ4v) is 5.01. The Bertz CT molecular complexity index is 1300. The number of carboxylic acids is 1. The number of ketones is 1. The van der Waals surface area contributed by atoms with Crippen LogP contribution >= 0.6 is 0 Å². The normalized spacial score (nSPS) is 10.5. The number of aromatic carboxylic acids is 1. The molecule has 0 aliphatic heterocycles. The minimum absolute atomic E-state index is 0.0977. The van der Waals surface area contributed by atoms with Crippen molar-refractivity contribution in [1.29, 1.82) is 0 Å². The number of unbranched alkanes of at least 4 members (excludes halogenated alkanes) is 6. The number of hydrogen-bond acceptors (Lipinski definition) is 6. The number of phenols is 1. The Morgan fingerprint density at radius 1 is 0.727 bits per heavy atom. The van der Waals surface area contributed by atoms with Crippen LogP contribution in [0.5, 0.6) is 5.75 Å². The zero-order valence-electron chi connectivity index (χ0n) is 26.8. The van der Waals surface area contributed by atoms with E-state index in [-0.39, 0.29) is 28.6 Å². The Morgan fingerprint density at radius 3 is 1.80 bits per heavy atom. The molecule has 0 aliphatic carbocycles. The number of nitrogens with zero attached hydrogens (tertiary/aromatic N) is 1. The third-order valence-electron chi connectivity index (χ3n) is 7.51. The van der Waals surface area contributed by atoms with Gasteiger partial charge in [-0.25, -0.2) is 9.59 Å². The van der Waals surface area contributed by atoms with E-state index in [1.165, 1.54) is 18.9 Å². The molecule has 7 heteroatoms. The molecule has 0 unspecified atom stereocenters. The molecule has 3 aromatic carbocycles. The second-order valence-corrected chi connectivity index (χ2v) is 10.7. The average molecular weight is 604 g/mol. The summed E-state index contributed by atoms with van der Waals surface area (Å²) in [6.07, 6.45) is 8.80. The molecule has 44 heavy (non-hydrogen) atoms. The van der Waals surface area contributed by atoms with E-state index in [0.717, 1.165) is 38.5 Å². The molecule has 0 amide bonds. The van der Waals surface area contributed by atoms with Crippen LogP contribution in [-0.4, -0.2) is 47.6 Å². The van der Waals surface area contributed by atoms with E-state index in [2.05, 4.69) is 13.8 Å². The number of carboxylic acid groups (broad SMARTS) is 1. The lowest BCUT2D eigenvalue weighted by Gasteiger charge is -2.25. The SMILES string of the molecule is CCCCCCOC(=O)c1ccccc1.CCCCCCc1c(C(=O)O)cc(N(CC)CC)c(O)c1C(=O)c1ccccc1. The summed E-state index contributed by atoms with van der Waals surface area (Å²) >= 11 is 0. The standard InChI is InChI=1S/C24H31NO4.C13H18O2/c1-4-7-8-12-15-18-19(24(28)29)16-20(25(5-2)6-3)23(27)21(18)22(26)17-13-10-9-11-14-17;1-2-3-4-8-11-15-13(14)12-9-6-5-7-10-12/h9-11,13-14,16,27H,4-8,12,15H2,1-3H3,(H,28,29);5-7,9-10H,2-4,8,11H2,1H3. The maximum Gasteiger partial charge on any atom is 0.338 e. The van der Waals surface area contributed by atoms with Crippen LogP contribution in [-0.2, 0) is 11.2 Å². The highest BCUT2D eigenvalue weighted by molar-refractivity contribution is 6.14. The maximum atomic E-state index is 13.3. The number of esters is 1. The third kappa shape index (κ3) is 10.9. The van der Waals surface area contributed by atoms with Gasteiger partial charge in [0.05, 0.1) is 29.0 Å². The zero-order valence-corrected chi connectivity index (χ0v) is 26.8. The van der Waals surface area contributed by atoms with Gasteiger partial charge in [0.15, 0.2) is 5.78 Å². The van der Waals surface area contributed by atoms with E-state index < -0.39 is 5.97 Å². The van der Waals surface area contributed by atoms with Crippen molar-refractivity contribution in [1.82, 2.24) is 0 Å². The highest BCUT2D eigenvalue weighted by Crippen LogP contribution is 2.38. The first kappa shape index (κ1) is 36.1. The lowest BCUT2D eigenvalue weighted by molar-refractivity contribution is 0.0497. The molecule has 238 valence electrons. The maximum absolute atomic E-state index is 13.3. The van der Waals surface area contributed by atoms with Crippen LogP contribution in [0.15, 0.2) is 66.7 Å². The Kier molecular flexibility index (Phi) is 16.3. The summed E-state index contributed by atoms with van der Waals surface area (Å²) in [4.78, 5) is 38.7. The first-order chi connectivity index (χ1) is 21.3. The van der Waals surface area contributed by atoms with Gasteiger partial charge in [0.2, 0.25) is 0 Å². The van der Waals surface area contributed by atoms with Gasteiger partial charge in [0.25, 0.3) is 0 Å². The Hall–Kier alpha value is -4.13. The lowest BCUT2D eigenvalue weighted by atomic mass is 9.89. The molecular formula is C37H49NO6. The van der Waals surface area contributed by atoms with Gasteiger partial charge >= 0.3 is 11.9 Å². The third-order valence-corrected chi connectivity index (χ3v) is 7.51. The molecule has 0 saturated heterocycles. The molecule has 0 aromatic heterocycles. The number of phenolic OH excluding ortho intramolecular Hbond substituents is 1. The minimum Gasteiger partial charge on any atom is -0.505 e. The highest BCUT2D eigenvalue weighted by Gasteiger charge is 2.27. The molecule has 0 spiro atoms. The molecule has 3 rings (SSSR count). The topological polar surface area (TPSA) is 104 Å². The fourth-order valence-electron chi connectivity index (χ4n) is 5.01. The molecule has 0 aliphatic rings. The number of carbonyl (C=O) groups is 3. The summed E-state index contributed by atoms with van der Waals surface area (Å²) in [7, 11) is 0. The molecular weight excluding hydrogens is 554 g/mol. The van der Waals surface area contributed by atoms with Crippen LogP contribution in [0.2, 0.25) is 0 Å². The van der Waals surface area contributed by atoms with Crippen LogP contribution < -0.4 is 4.90 Å². The van der Waals surface area contributed by atoms with Crippen molar-refractivity contribution in [3.63, 3.8) is 0 Å². The molecule has 7 nitrogen and oxygen atoms in total. The smallest absolute Gasteiger partial charge is 0.338 e. The van der Waals surface area contributed by atoms with Crippen molar-refractivity contribution in [2.75, 3.05) is 24.6 Å². The first-order valence-corrected chi connectivity index (χ1v) is 16.0. The van der Waals surface area contributed by atoms with Crippen molar-refractivity contribution < 1.29 is 29.3 Å². The van der Waals surface area contributed by atoms with E-state index in [1.54, 1.807) is 36.4 Å². The van der Waals surface area contributed by atoms with Crippen molar-refractivity contribution >= 4 is 23.4 Å². The van der Waals surface area contributed by atoms with Crippen LogP contribution in [0.4, 0.5) is 5.69 Å². The van der Waals surface area contributed by atoms with Gasteiger partial charge in [-0.15, -0.1) is 0 Å². The van der Waals surface area contributed by atoms with Gasteiger partial charge in [0.1, 0.15) is 5.75 Å². The van der Waals surface area contributed by atoms with Crippen molar-refractivity contribution in [2.24, 2.45) is 0 Å². The predicted octanol–water partition coefficient (Wildman–Crippen LogP) is 8.71. The monoisotopic (exact) mass is 603 g/mol. The van der Waals surface area contributed by atoms with Gasteiger partial charge in [-0.2, -0.15) is 0 Å². The average Bonchev–Trinajstić information content (AvgIpc) is 3.05. The minimum atomic E-state index is -1.08. The molecule has 0 saturated carbocycles. The lowest BCUT2D eigenvalue weighted by Crippen LogP contribution is -2.24. The van der Waals surface area contributed by atoms with Crippen molar-refractivity contribution in [3.8, 4) is 5.75 Å². The summed E-state index contributed by atoms with van der Waals surface area (Å²) in [6.45, 7) is 9.86. The molecule has 0 fully saturated rings. The summed E-state index contributed by atoms with van der Waals surface area (Å²) in [6, 6.07) is 19.3. The van der Waals surface area contributed by atoms with Crippen molar-refractivity contribution in [3.05, 3.63) is 94.5 Å². The van der Waals surface area contributed by atoms with Gasteiger partial charge in [-0.1, -0.05) is 101 Å². The number of hydrogen-bond donors (Lipinski definition) is 2. The summed E-state index contributed by atoms with van der Waals surface area (Å²) in [5.41, 5.74) is 2.11.